The molecule has 0 aliphatic carbocycles. The van der Waals surface area contributed by atoms with Crippen LogP contribution in [0.5, 0.6) is 0 Å². The molecule has 0 saturated heterocycles. The first kappa shape index (κ1) is 10.3. The van der Waals surface area contributed by atoms with E-state index < -0.39 is 0 Å². The largest absolute Gasteiger partial charge is 0.375 e. The molecule has 0 aromatic carbocycles. The molecule has 2 nitrogen and oxygen atoms in total. The molecule has 0 aliphatic rings. The minimum absolute atomic E-state index is 0.0513. The van der Waals surface area contributed by atoms with Crippen molar-refractivity contribution < 1.29 is 4.74 Å². The van der Waals surface area contributed by atoms with Gasteiger partial charge in [-0.15, -0.1) is 9.24 Å². The van der Waals surface area contributed by atoms with Crippen molar-refractivity contribution in [3.63, 3.8) is 0 Å². The van der Waals surface area contributed by atoms with Gasteiger partial charge in [0, 0.05) is 13.7 Å². The first-order chi connectivity index (χ1) is 4.48. The van der Waals surface area contributed by atoms with E-state index in [1.54, 1.807) is 7.11 Å². The van der Waals surface area contributed by atoms with E-state index in [9.17, 15) is 0 Å². The number of methoxy groups -OCH3 is 1. The van der Waals surface area contributed by atoms with Crippen molar-refractivity contribution in [1.82, 2.24) is 4.90 Å². The molecule has 62 valence electrons. The molecule has 0 fully saturated rings. The fourth-order valence-electron chi connectivity index (χ4n) is 0.548. The van der Waals surface area contributed by atoms with E-state index in [1.807, 2.05) is 0 Å². The molecular weight excluding hydrogens is 145 g/mol. The summed E-state index contributed by atoms with van der Waals surface area (Å²) in [6.45, 7) is 3.13. The van der Waals surface area contributed by atoms with Crippen LogP contribution in [0.1, 0.15) is 13.3 Å². The van der Waals surface area contributed by atoms with Crippen LogP contribution in [0.2, 0.25) is 0 Å². The SMILES string of the molecule is COC(C)(P)CCN(C)C. The van der Waals surface area contributed by atoms with E-state index in [1.165, 1.54) is 0 Å². The molecule has 3 heteroatoms. The predicted molar refractivity (Wildman–Crippen MR) is 48.3 cm³/mol. The maximum Gasteiger partial charge on any atom is 0.0793 e. The van der Waals surface area contributed by atoms with Crippen LogP contribution < -0.4 is 0 Å². The fraction of sp³-hybridized carbons (Fsp3) is 1.00. The van der Waals surface area contributed by atoms with Gasteiger partial charge in [0.2, 0.25) is 0 Å². The van der Waals surface area contributed by atoms with Crippen LogP contribution in [0.3, 0.4) is 0 Å². The second kappa shape index (κ2) is 4.27. The van der Waals surface area contributed by atoms with Crippen LogP contribution in [-0.4, -0.2) is 38.0 Å². The van der Waals surface area contributed by atoms with Gasteiger partial charge in [0.15, 0.2) is 0 Å². The van der Waals surface area contributed by atoms with Crippen molar-refractivity contribution in [3.05, 3.63) is 0 Å². The molecule has 0 aromatic rings. The van der Waals surface area contributed by atoms with Crippen LogP contribution in [0.15, 0.2) is 0 Å². The second-order valence-electron chi connectivity index (χ2n) is 3.07. The fourth-order valence-corrected chi connectivity index (χ4v) is 0.677. The zero-order chi connectivity index (χ0) is 8.20. The minimum atomic E-state index is -0.0513. The highest BCUT2D eigenvalue weighted by Crippen LogP contribution is 2.22. The molecule has 0 bridgehead atoms. The van der Waals surface area contributed by atoms with Crippen molar-refractivity contribution in [1.29, 1.82) is 0 Å². The van der Waals surface area contributed by atoms with E-state index in [0.717, 1.165) is 13.0 Å². The third-order valence-electron chi connectivity index (χ3n) is 1.52. The second-order valence-corrected chi connectivity index (χ2v) is 4.29. The lowest BCUT2D eigenvalue weighted by molar-refractivity contribution is 0.0722. The number of hydrogen-bond acceptors (Lipinski definition) is 2. The molecule has 0 aliphatic heterocycles. The Morgan fingerprint density at radius 2 is 2.00 bits per heavy atom. The van der Waals surface area contributed by atoms with Gasteiger partial charge in [-0.1, -0.05) is 0 Å². The molecule has 2 unspecified atom stereocenters. The Balaban J connectivity index is 3.46. The Bertz CT molecular complexity index is 93.6. The molecule has 0 radical (unpaired) electrons. The van der Waals surface area contributed by atoms with Crippen molar-refractivity contribution >= 4 is 9.24 Å². The molecule has 2 atom stereocenters. The van der Waals surface area contributed by atoms with E-state index in [4.69, 9.17) is 4.74 Å². The Hall–Kier alpha value is 0.350. The summed E-state index contributed by atoms with van der Waals surface area (Å²) in [5.41, 5.74) is 0. The molecule has 10 heavy (non-hydrogen) atoms. The summed E-state index contributed by atoms with van der Waals surface area (Å²) >= 11 is 0. The Morgan fingerprint density at radius 3 is 2.30 bits per heavy atom. The number of nitrogens with zero attached hydrogens (tertiary/aromatic N) is 1. The summed E-state index contributed by atoms with van der Waals surface area (Å²) in [5.74, 6) is 0. The van der Waals surface area contributed by atoms with E-state index in [-0.39, 0.29) is 5.34 Å². The summed E-state index contributed by atoms with van der Waals surface area (Å²) < 4.78 is 5.22. The van der Waals surface area contributed by atoms with Crippen molar-refractivity contribution in [3.8, 4) is 0 Å². The highest BCUT2D eigenvalue weighted by Gasteiger charge is 2.15. The van der Waals surface area contributed by atoms with Crippen LogP contribution in [0.25, 0.3) is 0 Å². The van der Waals surface area contributed by atoms with Crippen molar-refractivity contribution in [2.24, 2.45) is 0 Å². The van der Waals surface area contributed by atoms with Gasteiger partial charge in [-0.25, -0.2) is 0 Å². The van der Waals surface area contributed by atoms with E-state index in [2.05, 4.69) is 35.2 Å². The van der Waals surface area contributed by atoms with Gasteiger partial charge in [0.05, 0.1) is 5.34 Å². The average molecular weight is 163 g/mol. The topological polar surface area (TPSA) is 12.5 Å². The van der Waals surface area contributed by atoms with Crippen LogP contribution in [0, 0.1) is 0 Å². The van der Waals surface area contributed by atoms with Gasteiger partial charge in [-0.05, 0) is 27.4 Å². The maximum absolute atomic E-state index is 5.22. The maximum atomic E-state index is 5.22. The third-order valence-corrected chi connectivity index (χ3v) is 2.05. The minimum Gasteiger partial charge on any atom is -0.375 e. The lowest BCUT2D eigenvalue weighted by Crippen LogP contribution is -2.25. The Labute approximate surface area is 66.1 Å². The van der Waals surface area contributed by atoms with E-state index >= 15 is 0 Å². The lowest BCUT2D eigenvalue weighted by atomic mass is 10.2. The normalized spacial score (nSPS) is 17.4. The zero-order valence-electron chi connectivity index (χ0n) is 7.35. The highest BCUT2D eigenvalue weighted by atomic mass is 31.0. The molecule has 0 N–H and O–H groups in total. The average Bonchev–Trinajstić information content (AvgIpc) is 1.85. The summed E-state index contributed by atoms with van der Waals surface area (Å²) in [7, 11) is 8.58. The third kappa shape index (κ3) is 5.16. The van der Waals surface area contributed by atoms with Crippen LogP contribution in [0.4, 0.5) is 0 Å². The zero-order valence-corrected chi connectivity index (χ0v) is 8.50. The summed E-state index contributed by atoms with van der Waals surface area (Å²) in [6, 6.07) is 0. The molecule has 0 heterocycles. The Kier molecular flexibility index (Phi) is 4.42. The van der Waals surface area contributed by atoms with Gasteiger partial charge >= 0.3 is 0 Å². The van der Waals surface area contributed by atoms with Gasteiger partial charge in [0.25, 0.3) is 0 Å². The van der Waals surface area contributed by atoms with E-state index in [0.29, 0.717) is 0 Å². The first-order valence-electron chi connectivity index (χ1n) is 3.47. The van der Waals surface area contributed by atoms with Gasteiger partial charge in [-0.2, -0.15) is 0 Å². The van der Waals surface area contributed by atoms with Gasteiger partial charge < -0.3 is 9.64 Å². The Morgan fingerprint density at radius 1 is 1.50 bits per heavy atom. The monoisotopic (exact) mass is 163 g/mol. The number of rotatable bonds is 4. The summed E-state index contributed by atoms with van der Waals surface area (Å²) in [6.07, 6.45) is 1.04. The van der Waals surface area contributed by atoms with Gasteiger partial charge in [0.1, 0.15) is 0 Å². The molecule has 0 saturated carbocycles. The molecular formula is C7H18NOP. The standard InChI is InChI=1S/C7H18NOP/c1-7(10,9-4)5-6-8(2)3/h5-6,10H2,1-4H3. The van der Waals surface area contributed by atoms with Crippen LogP contribution in [-0.2, 0) is 4.74 Å². The quantitative estimate of drug-likeness (QED) is 0.577. The number of hydrogen-bond donors (Lipinski definition) is 0. The lowest BCUT2D eigenvalue weighted by Gasteiger charge is -2.24. The van der Waals surface area contributed by atoms with Crippen molar-refractivity contribution in [2.75, 3.05) is 27.7 Å². The molecule has 0 aromatic heterocycles. The summed E-state index contributed by atoms with van der Waals surface area (Å²) in [5, 5.41) is -0.0513. The molecule has 0 spiro atoms. The first-order valence-corrected chi connectivity index (χ1v) is 4.04. The van der Waals surface area contributed by atoms with Crippen molar-refractivity contribution in [2.45, 2.75) is 18.7 Å². The summed E-state index contributed by atoms with van der Waals surface area (Å²) in [4.78, 5) is 2.15. The van der Waals surface area contributed by atoms with Crippen LogP contribution >= 0.6 is 9.24 Å². The number of ether oxygens (including phenoxy) is 1. The predicted octanol–water partition coefficient (Wildman–Crippen LogP) is 1.18. The molecule has 0 rings (SSSR count). The van der Waals surface area contributed by atoms with Gasteiger partial charge in [-0.3, -0.25) is 0 Å². The highest BCUT2D eigenvalue weighted by molar-refractivity contribution is 7.18. The smallest absolute Gasteiger partial charge is 0.0793 e. The molecule has 0 amide bonds.